The largest absolute Gasteiger partial charge is 0.493 e. The fourth-order valence-corrected chi connectivity index (χ4v) is 5.38. The zero-order valence-corrected chi connectivity index (χ0v) is 22.8. The Labute approximate surface area is 230 Å². The van der Waals surface area contributed by atoms with Gasteiger partial charge in [0.05, 0.1) is 27.4 Å². The van der Waals surface area contributed by atoms with Gasteiger partial charge in [-0.25, -0.2) is 0 Å². The molecule has 1 amide bonds. The van der Waals surface area contributed by atoms with Crippen molar-refractivity contribution in [3.05, 3.63) is 95.7 Å². The van der Waals surface area contributed by atoms with Crippen LogP contribution >= 0.6 is 0 Å². The van der Waals surface area contributed by atoms with Crippen LogP contribution in [0.5, 0.6) is 11.5 Å². The topological polar surface area (TPSA) is 65.0 Å². The Hall–Kier alpha value is -3.81. The standard InChI is InChI=1S/C32H37N3O4/c1-37-30-13-12-25(20-31(30)38-2)27(21-32(36)33-14-15-34-16-18-39-19-17-34)28-23-35(22-24-8-4-3-5-9-24)29-11-7-6-10-26(28)29/h3-13,20,23,27H,14-19,21-22H2,1-2H3,(H,33,36)/t27-/m0/s1. The van der Waals surface area contributed by atoms with E-state index < -0.39 is 0 Å². The first-order valence-electron chi connectivity index (χ1n) is 13.6. The number of carbonyl (C=O) groups excluding carboxylic acids is 1. The van der Waals surface area contributed by atoms with E-state index in [4.69, 9.17) is 14.2 Å². The van der Waals surface area contributed by atoms with Crippen molar-refractivity contribution in [1.82, 2.24) is 14.8 Å². The Morgan fingerprint density at radius 2 is 1.69 bits per heavy atom. The smallest absolute Gasteiger partial charge is 0.220 e. The van der Waals surface area contributed by atoms with Crippen LogP contribution in [0.3, 0.4) is 0 Å². The minimum atomic E-state index is -0.157. The molecule has 7 nitrogen and oxygen atoms in total. The van der Waals surface area contributed by atoms with Crippen LogP contribution in [0, 0.1) is 0 Å². The molecule has 0 saturated carbocycles. The Kier molecular flexibility index (Phi) is 8.81. The molecule has 3 aromatic carbocycles. The lowest BCUT2D eigenvalue weighted by molar-refractivity contribution is -0.121. The van der Waals surface area contributed by atoms with E-state index in [1.165, 1.54) is 5.56 Å². The first-order valence-corrected chi connectivity index (χ1v) is 13.6. The summed E-state index contributed by atoms with van der Waals surface area (Å²) in [6.45, 7) is 5.52. The zero-order chi connectivity index (χ0) is 27.0. The molecule has 204 valence electrons. The van der Waals surface area contributed by atoms with Crippen molar-refractivity contribution in [2.24, 2.45) is 0 Å². The molecule has 0 spiro atoms. The van der Waals surface area contributed by atoms with Gasteiger partial charge in [0.15, 0.2) is 11.5 Å². The second-order valence-corrected chi connectivity index (χ2v) is 9.89. The molecule has 0 aliphatic carbocycles. The third kappa shape index (κ3) is 6.44. The number of amides is 1. The molecule has 1 fully saturated rings. The summed E-state index contributed by atoms with van der Waals surface area (Å²) in [6, 6.07) is 24.8. The van der Waals surface area contributed by atoms with Gasteiger partial charge in [-0.15, -0.1) is 0 Å². The lowest BCUT2D eigenvalue weighted by atomic mass is 9.87. The normalized spacial score (nSPS) is 14.7. The molecule has 5 rings (SSSR count). The number of morpholine rings is 1. The number of rotatable bonds is 11. The highest BCUT2D eigenvalue weighted by Gasteiger charge is 2.24. The maximum atomic E-state index is 13.3. The molecule has 2 heterocycles. The molecule has 1 aliphatic rings. The third-order valence-corrected chi connectivity index (χ3v) is 7.44. The molecular weight excluding hydrogens is 490 g/mol. The number of carbonyl (C=O) groups is 1. The SMILES string of the molecule is COc1ccc([C@H](CC(=O)NCCN2CCOCC2)c2cn(Cc3ccccc3)c3ccccc23)cc1OC. The van der Waals surface area contributed by atoms with E-state index in [0.29, 0.717) is 24.5 Å². The molecule has 1 aliphatic heterocycles. The summed E-state index contributed by atoms with van der Waals surface area (Å²) < 4.78 is 18.8. The molecule has 1 atom stereocenters. The zero-order valence-electron chi connectivity index (χ0n) is 22.8. The summed E-state index contributed by atoms with van der Waals surface area (Å²) in [6.07, 6.45) is 2.54. The minimum absolute atomic E-state index is 0.0305. The number of aromatic nitrogens is 1. The summed E-state index contributed by atoms with van der Waals surface area (Å²) in [5.74, 6) is 1.19. The van der Waals surface area contributed by atoms with Crippen LogP contribution in [0.25, 0.3) is 10.9 Å². The number of hydrogen-bond acceptors (Lipinski definition) is 5. The van der Waals surface area contributed by atoms with Crippen molar-refractivity contribution in [3.8, 4) is 11.5 Å². The summed E-state index contributed by atoms with van der Waals surface area (Å²) >= 11 is 0. The van der Waals surface area contributed by atoms with Gasteiger partial charge in [0.25, 0.3) is 0 Å². The molecule has 1 N–H and O–H groups in total. The van der Waals surface area contributed by atoms with Gasteiger partial charge < -0.3 is 24.1 Å². The van der Waals surface area contributed by atoms with Gasteiger partial charge in [-0.3, -0.25) is 9.69 Å². The predicted molar refractivity (Wildman–Crippen MR) is 154 cm³/mol. The number of nitrogens with one attached hydrogen (secondary N) is 1. The number of benzene rings is 3. The lowest BCUT2D eigenvalue weighted by Gasteiger charge is -2.26. The van der Waals surface area contributed by atoms with Gasteiger partial charge in [0.2, 0.25) is 5.91 Å². The van der Waals surface area contributed by atoms with Gasteiger partial charge in [0.1, 0.15) is 0 Å². The number of ether oxygens (including phenoxy) is 3. The van der Waals surface area contributed by atoms with E-state index in [9.17, 15) is 4.79 Å². The highest BCUT2D eigenvalue weighted by atomic mass is 16.5. The van der Waals surface area contributed by atoms with Crippen LogP contribution in [0.15, 0.2) is 79.0 Å². The van der Waals surface area contributed by atoms with Crippen LogP contribution in [-0.4, -0.2) is 69.0 Å². The predicted octanol–water partition coefficient (Wildman–Crippen LogP) is 4.68. The maximum absolute atomic E-state index is 13.3. The number of nitrogens with zero attached hydrogens (tertiary/aromatic N) is 2. The van der Waals surface area contributed by atoms with E-state index in [1.54, 1.807) is 14.2 Å². The van der Waals surface area contributed by atoms with Gasteiger partial charge in [-0.05, 0) is 34.9 Å². The van der Waals surface area contributed by atoms with Gasteiger partial charge in [-0.2, -0.15) is 0 Å². The Morgan fingerprint density at radius 1 is 0.949 bits per heavy atom. The van der Waals surface area contributed by atoms with Crippen molar-refractivity contribution >= 4 is 16.8 Å². The quantitative estimate of drug-likeness (QED) is 0.307. The molecule has 0 radical (unpaired) electrons. The fourth-order valence-electron chi connectivity index (χ4n) is 5.38. The number of fused-ring (bicyclic) bond motifs is 1. The van der Waals surface area contributed by atoms with Crippen molar-refractivity contribution in [2.45, 2.75) is 18.9 Å². The Morgan fingerprint density at radius 3 is 2.46 bits per heavy atom. The molecule has 1 saturated heterocycles. The highest BCUT2D eigenvalue weighted by Crippen LogP contribution is 2.38. The molecule has 0 bridgehead atoms. The molecule has 1 aromatic heterocycles. The van der Waals surface area contributed by atoms with Crippen molar-refractivity contribution in [3.63, 3.8) is 0 Å². The Bertz CT molecular complexity index is 1380. The van der Waals surface area contributed by atoms with Crippen molar-refractivity contribution < 1.29 is 19.0 Å². The molecular formula is C32H37N3O4. The van der Waals surface area contributed by atoms with Crippen LogP contribution in [0.2, 0.25) is 0 Å². The minimum Gasteiger partial charge on any atom is -0.493 e. The highest BCUT2D eigenvalue weighted by molar-refractivity contribution is 5.87. The second-order valence-electron chi connectivity index (χ2n) is 9.89. The first-order chi connectivity index (χ1) is 19.2. The van der Waals surface area contributed by atoms with E-state index in [2.05, 4.69) is 69.5 Å². The maximum Gasteiger partial charge on any atom is 0.220 e. The average molecular weight is 528 g/mol. The molecule has 4 aromatic rings. The monoisotopic (exact) mass is 527 g/mol. The van der Waals surface area contributed by atoms with E-state index in [0.717, 1.165) is 61.4 Å². The fraction of sp³-hybridized carbons (Fsp3) is 0.344. The third-order valence-electron chi connectivity index (χ3n) is 7.44. The lowest BCUT2D eigenvalue weighted by Crippen LogP contribution is -2.41. The van der Waals surface area contributed by atoms with Gasteiger partial charge in [-0.1, -0.05) is 54.6 Å². The number of hydrogen-bond donors (Lipinski definition) is 1. The van der Waals surface area contributed by atoms with Crippen LogP contribution in [0.4, 0.5) is 0 Å². The summed E-state index contributed by atoms with van der Waals surface area (Å²) in [4.78, 5) is 15.7. The average Bonchev–Trinajstić information content (AvgIpc) is 3.34. The number of para-hydroxylation sites is 1. The van der Waals surface area contributed by atoms with Crippen LogP contribution in [-0.2, 0) is 16.1 Å². The summed E-state index contributed by atoms with van der Waals surface area (Å²) in [5.41, 5.74) is 4.51. The van der Waals surface area contributed by atoms with Crippen LogP contribution < -0.4 is 14.8 Å². The van der Waals surface area contributed by atoms with Gasteiger partial charge >= 0.3 is 0 Å². The van der Waals surface area contributed by atoms with E-state index >= 15 is 0 Å². The van der Waals surface area contributed by atoms with E-state index in [-0.39, 0.29) is 11.8 Å². The second kappa shape index (κ2) is 12.8. The summed E-state index contributed by atoms with van der Waals surface area (Å²) in [7, 11) is 3.27. The van der Waals surface area contributed by atoms with E-state index in [1.807, 2.05) is 24.3 Å². The van der Waals surface area contributed by atoms with Crippen molar-refractivity contribution in [1.29, 1.82) is 0 Å². The molecule has 7 heteroatoms. The van der Waals surface area contributed by atoms with Gasteiger partial charge in [0, 0.05) is 62.2 Å². The number of methoxy groups -OCH3 is 2. The molecule has 39 heavy (non-hydrogen) atoms. The molecule has 0 unspecified atom stereocenters. The Balaban J connectivity index is 1.46. The summed E-state index contributed by atoms with van der Waals surface area (Å²) in [5, 5.41) is 4.31. The first kappa shape index (κ1) is 26.8. The van der Waals surface area contributed by atoms with Crippen molar-refractivity contribution in [2.75, 3.05) is 53.6 Å². The van der Waals surface area contributed by atoms with Crippen LogP contribution in [0.1, 0.15) is 29.0 Å².